The molecule has 0 saturated carbocycles. The van der Waals surface area contributed by atoms with Crippen LogP contribution in [-0.2, 0) is 0 Å². The molecule has 0 aliphatic heterocycles. The molecule has 15 heavy (non-hydrogen) atoms. The van der Waals surface area contributed by atoms with E-state index in [0.717, 1.165) is 5.69 Å². The summed E-state index contributed by atoms with van der Waals surface area (Å²) in [6.45, 7) is 0. The Hall–Kier alpha value is -1.99. The summed E-state index contributed by atoms with van der Waals surface area (Å²) in [6.07, 6.45) is 1.48. The van der Waals surface area contributed by atoms with Crippen LogP contribution in [0.25, 0.3) is 5.69 Å². The number of benzene rings is 1. The van der Waals surface area contributed by atoms with Gasteiger partial charge in [0.25, 0.3) is 0 Å². The Morgan fingerprint density at radius 2 is 2.00 bits per heavy atom. The molecule has 2 rings (SSSR count). The first-order valence-corrected chi connectivity index (χ1v) is 4.59. The molecule has 0 aliphatic carbocycles. The fourth-order valence-electron chi connectivity index (χ4n) is 1.22. The molecule has 4 nitrogen and oxygen atoms in total. The molecule has 0 unspecified atom stereocenters. The van der Waals surface area contributed by atoms with Gasteiger partial charge in [-0.1, -0.05) is 11.6 Å². The van der Waals surface area contributed by atoms with Crippen molar-refractivity contribution in [2.75, 3.05) is 5.73 Å². The summed E-state index contributed by atoms with van der Waals surface area (Å²) in [5.41, 5.74) is 7.08. The van der Waals surface area contributed by atoms with Crippen molar-refractivity contribution in [3.05, 3.63) is 41.0 Å². The first kappa shape index (κ1) is 9.56. The van der Waals surface area contributed by atoms with E-state index in [4.69, 9.17) is 22.6 Å². The van der Waals surface area contributed by atoms with Crippen LogP contribution in [0.3, 0.4) is 0 Å². The van der Waals surface area contributed by atoms with Crippen molar-refractivity contribution in [1.82, 2.24) is 9.78 Å². The number of halogens is 1. The zero-order valence-electron chi connectivity index (χ0n) is 7.68. The predicted octanol–water partition coefficient (Wildman–Crippen LogP) is 1.98. The van der Waals surface area contributed by atoms with E-state index in [1.165, 1.54) is 10.9 Å². The van der Waals surface area contributed by atoms with Gasteiger partial charge in [0.1, 0.15) is 10.8 Å². The molecular formula is C10H7ClN4. The van der Waals surface area contributed by atoms with Gasteiger partial charge in [0, 0.05) is 0 Å². The van der Waals surface area contributed by atoms with Crippen molar-refractivity contribution in [1.29, 1.82) is 5.26 Å². The van der Waals surface area contributed by atoms with Gasteiger partial charge in [0.05, 0.1) is 23.5 Å². The summed E-state index contributed by atoms with van der Waals surface area (Å²) in [4.78, 5) is 0. The molecule has 0 aliphatic rings. The van der Waals surface area contributed by atoms with E-state index in [1.54, 1.807) is 24.3 Å². The van der Waals surface area contributed by atoms with Crippen molar-refractivity contribution in [3.8, 4) is 11.8 Å². The lowest BCUT2D eigenvalue weighted by Gasteiger charge is -2.03. The van der Waals surface area contributed by atoms with Crippen LogP contribution in [0.5, 0.6) is 0 Å². The Morgan fingerprint density at radius 3 is 2.47 bits per heavy atom. The lowest BCUT2D eigenvalue weighted by atomic mass is 10.2. The maximum atomic E-state index is 8.64. The van der Waals surface area contributed by atoms with Crippen molar-refractivity contribution < 1.29 is 0 Å². The van der Waals surface area contributed by atoms with E-state index in [2.05, 4.69) is 5.10 Å². The Balaban J connectivity index is 2.47. The maximum absolute atomic E-state index is 8.64. The average molecular weight is 219 g/mol. The minimum absolute atomic E-state index is 0.390. The summed E-state index contributed by atoms with van der Waals surface area (Å²) in [7, 11) is 0. The molecule has 0 fully saturated rings. The summed E-state index contributed by atoms with van der Waals surface area (Å²) in [5.74, 6) is 0.390. The van der Waals surface area contributed by atoms with E-state index in [-0.39, 0.29) is 0 Å². The van der Waals surface area contributed by atoms with E-state index in [0.29, 0.717) is 16.4 Å². The lowest BCUT2D eigenvalue weighted by Crippen LogP contribution is -2.01. The second-order valence-electron chi connectivity index (χ2n) is 2.95. The number of anilines is 1. The third-order valence-electron chi connectivity index (χ3n) is 2.00. The van der Waals surface area contributed by atoms with Gasteiger partial charge in [-0.15, -0.1) is 0 Å². The third kappa shape index (κ3) is 1.65. The molecule has 0 amide bonds. The monoisotopic (exact) mass is 218 g/mol. The first-order chi connectivity index (χ1) is 7.22. The Morgan fingerprint density at radius 1 is 1.33 bits per heavy atom. The van der Waals surface area contributed by atoms with Gasteiger partial charge in [0.2, 0.25) is 0 Å². The standard InChI is InChI=1S/C10H7ClN4/c11-9-6-14-15(10(9)13)8-3-1-7(5-12)2-4-8/h1-4,6H,13H2. The number of hydrogen-bond acceptors (Lipinski definition) is 3. The molecular weight excluding hydrogens is 212 g/mol. The molecule has 2 N–H and O–H groups in total. The zero-order chi connectivity index (χ0) is 10.8. The van der Waals surface area contributed by atoms with Crippen LogP contribution < -0.4 is 5.73 Å². The van der Waals surface area contributed by atoms with Gasteiger partial charge in [-0.05, 0) is 24.3 Å². The summed E-state index contributed by atoms with van der Waals surface area (Å²) in [5, 5.41) is 13.1. The lowest BCUT2D eigenvalue weighted by molar-refractivity contribution is 0.891. The minimum Gasteiger partial charge on any atom is -0.382 e. The molecule has 1 aromatic carbocycles. The predicted molar refractivity (Wildman–Crippen MR) is 57.7 cm³/mol. The highest BCUT2D eigenvalue weighted by molar-refractivity contribution is 6.32. The molecule has 1 aromatic heterocycles. The molecule has 0 spiro atoms. The highest BCUT2D eigenvalue weighted by atomic mass is 35.5. The Bertz CT molecular complexity index is 521. The maximum Gasteiger partial charge on any atom is 0.146 e. The number of rotatable bonds is 1. The van der Waals surface area contributed by atoms with Gasteiger partial charge >= 0.3 is 0 Å². The summed E-state index contributed by atoms with van der Waals surface area (Å²) >= 11 is 5.78. The highest BCUT2D eigenvalue weighted by Gasteiger charge is 2.06. The topological polar surface area (TPSA) is 67.6 Å². The van der Waals surface area contributed by atoms with Crippen LogP contribution in [0.2, 0.25) is 5.02 Å². The van der Waals surface area contributed by atoms with Gasteiger partial charge in [-0.2, -0.15) is 10.4 Å². The second-order valence-corrected chi connectivity index (χ2v) is 3.36. The molecule has 1 heterocycles. The molecule has 0 radical (unpaired) electrons. The van der Waals surface area contributed by atoms with E-state index in [1.807, 2.05) is 6.07 Å². The third-order valence-corrected chi connectivity index (χ3v) is 2.29. The summed E-state index contributed by atoms with van der Waals surface area (Å²) in [6, 6.07) is 8.96. The van der Waals surface area contributed by atoms with Crippen molar-refractivity contribution in [2.24, 2.45) is 0 Å². The largest absolute Gasteiger partial charge is 0.382 e. The van der Waals surface area contributed by atoms with Gasteiger partial charge < -0.3 is 5.73 Å². The zero-order valence-corrected chi connectivity index (χ0v) is 8.44. The Kier molecular flexibility index (Phi) is 2.32. The molecule has 74 valence electrons. The van der Waals surface area contributed by atoms with Crippen molar-refractivity contribution in [2.45, 2.75) is 0 Å². The fourth-order valence-corrected chi connectivity index (χ4v) is 1.34. The SMILES string of the molecule is N#Cc1ccc(-n2ncc(Cl)c2N)cc1. The van der Waals surface area contributed by atoms with Crippen LogP contribution in [0, 0.1) is 11.3 Å². The molecule has 5 heteroatoms. The highest BCUT2D eigenvalue weighted by Crippen LogP contribution is 2.21. The van der Waals surface area contributed by atoms with Crippen LogP contribution in [0.4, 0.5) is 5.82 Å². The average Bonchev–Trinajstić information content (AvgIpc) is 2.60. The normalized spacial score (nSPS) is 9.87. The van der Waals surface area contributed by atoms with Crippen LogP contribution in [-0.4, -0.2) is 9.78 Å². The Labute approximate surface area is 91.5 Å². The number of nitriles is 1. The van der Waals surface area contributed by atoms with Gasteiger partial charge in [-0.25, -0.2) is 4.68 Å². The summed E-state index contributed by atoms with van der Waals surface area (Å²) < 4.78 is 1.52. The smallest absolute Gasteiger partial charge is 0.146 e. The molecule has 2 aromatic rings. The van der Waals surface area contributed by atoms with Crippen molar-refractivity contribution >= 4 is 17.4 Å². The second kappa shape index (κ2) is 3.64. The number of hydrogen-bond donors (Lipinski definition) is 1. The quantitative estimate of drug-likeness (QED) is 0.796. The van der Waals surface area contributed by atoms with Gasteiger partial charge in [-0.3, -0.25) is 0 Å². The van der Waals surface area contributed by atoms with E-state index >= 15 is 0 Å². The number of aromatic nitrogens is 2. The van der Waals surface area contributed by atoms with Crippen molar-refractivity contribution in [3.63, 3.8) is 0 Å². The minimum atomic E-state index is 0.390. The number of nitrogens with two attached hydrogens (primary N) is 1. The van der Waals surface area contributed by atoms with Crippen LogP contribution in [0.15, 0.2) is 30.5 Å². The number of nitrogens with zero attached hydrogens (tertiary/aromatic N) is 3. The van der Waals surface area contributed by atoms with Gasteiger partial charge in [0.15, 0.2) is 0 Å². The van der Waals surface area contributed by atoms with E-state index in [9.17, 15) is 0 Å². The van der Waals surface area contributed by atoms with E-state index < -0.39 is 0 Å². The molecule has 0 bridgehead atoms. The first-order valence-electron chi connectivity index (χ1n) is 4.22. The number of nitrogen functional groups attached to an aromatic ring is 1. The fraction of sp³-hybridized carbons (Fsp3) is 0. The van der Waals surface area contributed by atoms with Crippen LogP contribution >= 0.6 is 11.6 Å². The molecule has 0 atom stereocenters. The molecule has 0 saturated heterocycles. The van der Waals surface area contributed by atoms with Crippen LogP contribution in [0.1, 0.15) is 5.56 Å².